The first-order valence-electron chi connectivity index (χ1n) is 7.61. The van der Waals surface area contributed by atoms with Crippen molar-refractivity contribution in [1.82, 2.24) is 5.01 Å². The van der Waals surface area contributed by atoms with Gasteiger partial charge in [-0.1, -0.05) is 0 Å². The second kappa shape index (κ2) is 6.51. The Balaban J connectivity index is 1.76. The van der Waals surface area contributed by atoms with Crippen LogP contribution in [0, 0.1) is 11.6 Å². The average Bonchev–Trinajstić information content (AvgIpc) is 2.91. The average molecular weight is 371 g/mol. The molecule has 2 amide bonds. The number of carbonyl (C=O) groups is 2. The van der Waals surface area contributed by atoms with Gasteiger partial charge in [0.1, 0.15) is 5.71 Å². The first kappa shape index (κ1) is 17.5. The van der Waals surface area contributed by atoms with Crippen molar-refractivity contribution in [1.29, 1.82) is 0 Å². The highest BCUT2D eigenvalue weighted by molar-refractivity contribution is 7.91. The molecule has 1 atom stereocenters. The fourth-order valence-electron chi connectivity index (χ4n) is 2.77. The van der Waals surface area contributed by atoms with Crippen LogP contribution in [0.15, 0.2) is 23.3 Å². The Morgan fingerprint density at radius 2 is 2.00 bits per heavy atom. The van der Waals surface area contributed by atoms with Crippen LogP contribution in [-0.2, 0) is 19.4 Å². The van der Waals surface area contributed by atoms with Gasteiger partial charge in [-0.05, 0) is 18.6 Å². The molecule has 134 valence electrons. The van der Waals surface area contributed by atoms with Gasteiger partial charge in [-0.15, -0.1) is 0 Å². The smallest absolute Gasteiger partial charge is 0.271 e. The molecule has 0 aromatic heterocycles. The van der Waals surface area contributed by atoms with Crippen LogP contribution >= 0.6 is 0 Å². The zero-order chi connectivity index (χ0) is 18.2. The van der Waals surface area contributed by atoms with Crippen molar-refractivity contribution in [3.05, 3.63) is 29.8 Å². The van der Waals surface area contributed by atoms with Crippen molar-refractivity contribution in [2.24, 2.45) is 5.10 Å². The van der Waals surface area contributed by atoms with Crippen molar-refractivity contribution in [2.45, 2.75) is 25.3 Å². The molecule has 7 nitrogen and oxygen atoms in total. The van der Waals surface area contributed by atoms with E-state index in [0.717, 1.165) is 17.1 Å². The number of amides is 2. The van der Waals surface area contributed by atoms with E-state index in [1.165, 1.54) is 6.07 Å². The van der Waals surface area contributed by atoms with Gasteiger partial charge in [0.2, 0.25) is 5.91 Å². The molecule has 0 unspecified atom stereocenters. The lowest BCUT2D eigenvalue weighted by atomic mass is 10.1. The fourth-order valence-corrected chi connectivity index (χ4v) is 4.46. The monoisotopic (exact) mass is 371 g/mol. The lowest BCUT2D eigenvalue weighted by molar-refractivity contribution is -0.133. The Hall–Kier alpha value is -2.36. The lowest BCUT2D eigenvalue weighted by Gasteiger charge is -2.27. The predicted octanol–water partition coefficient (Wildman–Crippen LogP) is 1.07. The minimum absolute atomic E-state index is 0.0205. The summed E-state index contributed by atoms with van der Waals surface area (Å²) in [5.41, 5.74) is 0.0899. The number of benzene rings is 1. The maximum Gasteiger partial charge on any atom is 0.271 e. The Kier molecular flexibility index (Phi) is 4.55. The zero-order valence-corrected chi connectivity index (χ0v) is 13.9. The third-order valence-corrected chi connectivity index (χ3v) is 5.80. The van der Waals surface area contributed by atoms with Gasteiger partial charge in [-0.3, -0.25) is 9.59 Å². The van der Waals surface area contributed by atoms with Gasteiger partial charge >= 0.3 is 0 Å². The highest BCUT2D eigenvalue weighted by Gasteiger charge is 2.37. The van der Waals surface area contributed by atoms with Gasteiger partial charge in [0.25, 0.3) is 5.91 Å². The summed E-state index contributed by atoms with van der Waals surface area (Å²) in [4.78, 5) is 24.2. The molecule has 2 heterocycles. The molecular weight excluding hydrogens is 356 g/mol. The van der Waals surface area contributed by atoms with E-state index in [1.54, 1.807) is 0 Å². The van der Waals surface area contributed by atoms with Gasteiger partial charge in [0.05, 0.1) is 17.5 Å². The minimum atomic E-state index is -3.20. The highest BCUT2D eigenvalue weighted by Crippen LogP contribution is 2.22. The number of halogens is 2. The number of hydrogen-bond acceptors (Lipinski definition) is 5. The van der Waals surface area contributed by atoms with Gasteiger partial charge < -0.3 is 5.32 Å². The first-order valence-corrected chi connectivity index (χ1v) is 9.44. The van der Waals surface area contributed by atoms with Gasteiger partial charge in [-0.2, -0.15) is 5.10 Å². The van der Waals surface area contributed by atoms with Crippen molar-refractivity contribution >= 4 is 33.1 Å². The molecule has 0 aliphatic carbocycles. The highest BCUT2D eigenvalue weighted by atomic mass is 32.2. The molecule has 0 radical (unpaired) electrons. The molecule has 25 heavy (non-hydrogen) atoms. The van der Waals surface area contributed by atoms with Gasteiger partial charge in [-0.25, -0.2) is 22.2 Å². The Morgan fingerprint density at radius 1 is 1.24 bits per heavy atom. The van der Waals surface area contributed by atoms with Crippen molar-refractivity contribution < 1.29 is 26.8 Å². The van der Waals surface area contributed by atoms with E-state index in [0.29, 0.717) is 0 Å². The van der Waals surface area contributed by atoms with Crippen LogP contribution in [0.25, 0.3) is 0 Å². The summed E-state index contributed by atoms with van der Waals surface area (Å²) in [6.07, 6.45) is 0.389. The molecule has 1 fully saturated rings. The molecule has 1 aromatic rings. The van der Waals surface area contributed by atoms with Crippen LogP contribution in [0.4, 0.5) is 14.5 Å². The number of hydrazone groups is 1. The molecule has 2 aliphatic heterocycles. The van der Waals surface area contributed by atoms with Crippen molar-refractivity contribution in [3.63, 3.8) is 0 Å². The van der Waals surface area contributed by atoms with E-state index in [4.69, 9.17) is 0 Å². The summed E-state index contributed by atoms with van der Waals surface area (Å²) < 4.78 is 49.3. The molecule has 1 N–H and O–H groups in total. The molecule has 2 aliphatic rings. The summed E-state index contributed by atoms with van der Waals surface area (Å²) in [7, 11) is -3.20. The topological polar surface area (TPSA) is 95.9 Å². The Bertz CT molecular complexity index is 870. The van der Waals surface area contributed by atoms with E-state index in [-0.39, 0.29) is 48.1 Å². The molecule has 3 rings (SSSR count). The van der Waals surface area contributed by atoms with Crippen molar-refractivity contribution in [3.8, 4) is 0 Å². The molecule has 0 spiro atoms. The maximum atomic E-state index is 13.2. The van der Waals surface area contributed by atoms with Crippen LogP contribution in [0.5, 0.6) is 0 Å². The SMILES string of the molecule is O=C(Nc1ccc(F)c(F)c1)C1=NN([C@@H]2CCS(=O)(=O)C2)C(=O)CC1. The summed E-state index contributed by atoms with van der Waals surface area (Å²) >= 11 is 0. The second-order valence-electron chi connectivity index (χ2n) is 5.92. The van der Waals surface area contributed by atoms with E-state index >= 15 is 0 Å². The van der Waals surface area contributed by atoms with Crippen molar-refractivity contribution in [2.75, 3.05) is 16.8 Å². The molecular formula is C15H15F2N3O4S. The van der Waals surface area contributed by atoms with Gasteiger partial charge in [0, 0.05) is 24.6 Å². The second-order valence-corrected chi connectivity index (χ2v) is 8.15. The largest absolute Gasteiger partial charge is 0.321 e. The molecule has 0 bridgehead atoms. The lowest BCUT2D eigenvalue weighted by Crippen LogP contribution is -2.42. The van der Waals surface area contributed by atoms with E-state index in [9.17, 15) is 26.8 Å². The van der Waals surface area contributed by atoms with Crippen LogP contribution in [0.2, 0.25) is 0 Å². The van der Waals surface area contributed by atoms with E-state index < -0.39 is 33.4 Å². The quantitative estimate of drug-likeness (QED) is 0.860. The zero-order valence-electron chi connectivity index (χ0n) is 13.0. The van der Waals surface area contributed by atoms with Crippen LogP contribution in [0.3, 0.4) is 0 Å². The first-order chi connectivity index (χ1) is 11.7. The number of anilines is 1. The van der Waals surface area contributed by atoms with Crippen LogP contribution < -0.4 is 5.32 Å². The number of rotatable bonds is 3. The summed E-state index contributed by atoms with van der Waals surface area (Å²) in [5.74, 6) is -3.33. The molecule has 1 saturated heterocycles. The fraction of sp³-hybridized carbons (Fsp3) is 0.400. The summed E-state index contributed by atoms with van der Waals surface area (Å²) in [6.45, 7) is 0. The third-order valence-electron chi connectivity index (χ3n) is 4.05. The van der Waals surface area contributed by atoms with E-state index in [2.05, 4.69) is 10.4 Å². The summed E-state index contributed by atoms with van der Waals surface area (Å²) in [5, 5.41) is 7.46. The number of sulfone groups is 1. The maximum absolute atomic E-state index is 13.2. The third kappa shape index (κ3) is 3.84. The Labute approximate surface area is 142 Å². The predicted molar refractivity (Wildman–Crippen MR) is 85.6 cm³/mol. The standard InChI is InChI=1S/C15H15F2N3O4S/c16-11-2-1-9(7-12(11)17)18-15(22)13-3-4-14(21)20(19-13)10-5-6-25(23,24)8-10/h1-2,7,10H,3-6,8H2,(H,18,22)/t10-/m1/s1. The molecule has 10 heteroatoms. The minimum Gasteiger partial charge on any atom is -0.321 e. The Morgan fingerprint density at radius 3 is 2.64 bits per heavy atom. The summed E-state index contributed by atoms with van der Waals surface area (Å²) in [6, 6.07) is 2.34. The van der Waals surface area contributed by atoms with E-state index in [1.807, 2.05) is 0 Å². The van der Waals surface area contributed by atoms with Crippen LogP contribution in [0.1, 0.15) is 19.3 Å². The number of nitrogens with zero attached hydrogens (tertiary/aromatic N) is 2. The molecule has 0 saturated carbocycles. The number of hydrogen-bond donors (Lipinski definition) is 1. The molecule has 1 aromatic carbocycles. The van der Waals surface area contributed by atoms with Crippen LogP contribution in [-0.4, -0.2) is 48.5 Å². The van der Waals surface area contributed by atoms with Gasteiger partial charge in [0.15, 0.2) is 21.5 Å². The normalized spacial score (nSPS) is 22.6. The number of nitrogens with one attached hydrogen (secondary N) is 1. The number of carbonyl (C=O) groups excluding carboxylic acids is 2.